The number of rotatable bonds is 2. The maximum atomic E-state index is 11.2. The van der Waals surface area contributed by atoms with Crippen LogP contribution in [0.4, 0.5) is 0 Å². The maximum Gasteiger partial charge on any atom is 0.0990 e. The summed E-state index contributed by atoms with van der Waals surface area (Å²) in [4.78, 5) is 1.10. The highest BCUT2D eigenvalue weighted by Crippen LogP contribution is 2.50. The number of hydrogen-bond acceptors (Lipinski definition) is 3. The predicted octanol–water partition coefficient (Wildman–Crippen LogP) is 4.46. The molecule has 1 aromatic heterocycles. The lowest BCUT2D eigenvalue weighted by atomic mass is 9.68. The van der Waals surface area contributed by atoms with Crippen LogP contribution < -0.4 is 0 Å². The standard InChI is InChI=1S/C18H22O2S/c1-17(19,14-7-10-20-18(12-14)8-4-9-18)16-11-13-5-2-3-6-15(13)21-16/h2-3,5-6,11,14,19H,4,7-10,12H2,1H3. The molecule has 1 aromatic carbocycles. The molecule has 4 rings (SSSR count). The van der Waals surface area contributed by atoms with Crippen molar-refractivity contribution in [2.75, 3.05) is 6.61 Å². The first-order valence-electron chi connectivity index (χ1n) is 7.95. The molecule has 2 fully saturated rings. The van der Waals surface area contributed by atoms with Crippen molar-refractivity contribution in [1.29, 1.82) is 0 Å². The summed E-state index contributed by atoms with van der Waals surface area (Å²) in [5, 5.41) is 12.5. The van der Waals surface area contributed by atoms with E-state index in [2.05, 4.69) is 30.3 Å². The van der Waals surface area contributed by atoms with Crippen molar-refractivity contribution in [3.05, 3.63) is 35.2 Å². The van der Waals surface area contributed by atoms with Gasteiger partial charge in [0, 0.05) is 16.2 Å². The SMILES string of the molecule is CC(O)(c1cc2ccccc2s1)C1CCOC2(CCC2)C1. The molecule has 0 radical (unpaired) electrons. The second-order valence-electron chi connectivity index (χ2n) is 6.87. The van der Waals surface area contributed by atoms with Crippen LogP contribution in [0, 0.1) is 5.92 Å². The van der Waals surface area contributed by atoms with Gasteiger partial charge in [-0.1, -0.05) is 18.2 Å². The number of benzene rings is 1. The van der Waals surface area contributed by atoms with Crippen molar-refractivity contribution < 1.29 is 9.84 Å². The van der Waals surface area contributed by atoms with Crippen LogP contribution in [0.25, 0.3) is 10.1 Å². The van der Waals surface area contributed by atoms with E-state index in [0.29, 0.717) is 5.92 Å². The summed E-state index contributed by atoms with van der Waals surface area (Å²) in [6, 6.07) is 10.6. The lowest BCUT2D eigenvalue weighted by Gasteiger charge is -2.50. The third-order valence-electron chi connectivity index (χ3n) is 5.48. The van der Waals surface area contributed by atoms with Gasteiger partial charge in [-0.3, -0.25) is 0 Å². The Morgan fingerprint density at radius 2 is 2.14 bits per heavy atom. The fraction of sp³-hybridized carbons (Fsp3) is 0.556. The molecule has 2 aromatic rings. The lowest BCUT2D eigenvalue weighted by Crippen LogP contribution is -2.49. The molecule has 2 aliphatic rings. The fourth-order valence-electron chi connectivity index (χ4n) is 3.86. The minimum absolute atomic E-state index is 0.0869. The van der Waals surface area contributed by atoms with Gasteiger partial charge in [0.2, 0.25) is 0 Å². The zero-order valence-electron chi connectivity index (χ0n) is 12.5. The lowest BCUT2D eigenvalue weighted by molar-refractivity contribution is -0.173. The summed E-state index contributed by atoms with van der Waals surface area (Å²) in [6.45, 7) is 2.80. The second kappa shape index (κ2) is 4.80. The number of aliphatic hydroxyl groups is 1. The molecule has 1 aliphatic heterocycles. The van der Waals surface area contributed by atoms with E-state index >= 15 is 0 Å². The molecular formula is C18H22O2S. The van der Waals surface area contributed by atoms with Crippen LogP contribution in [0.1, 0.15) is 43.9 Å². The Kier molecular flexibility index (Phi) is 3.14. The van der Waals surface area contributed by atoms with Gasteiger partial charge in [0.15, 0.2) is 0 Å². The first-order valence-corrected chi connectivity index (χ1v) is 8.76. The number of fused-ring (bicyclic) bond motifs is 1. The topological polar surface area (TPSA) is 29.5 Å². The zero-order chi connectivity index (χ0) is 14.5. The first kappa shape index (κ1) is 13.7. The minimum atomic E-state index is -0.740. The van der Waals surface area contributed by atoms with Crippen molar-refractivity contribution in [3.8, 4) is 0 Å². The molecule has 1 aliphatic carbocycles. The summed E-state index contributed by atoms with van der Waals surface area (Å²) < 4.78 is 7.28. The van der Waals surface area contributed by atoms with E-state index in [9.17, 15) is 5.11 Å². The number of ether oxygens (including phenoxy) is 1. The maximum absolute atomic E-state index is 11.2. The van der Waals surface area contributed by atoms with Gasteiger partial charge in [-0.25, -0.2) is 0 Å². The summed E-state index contributed by atoms with van der Waals surface area (Å²) in [7, 11) is 0. The minimum Gasteiger partial charge on any atom is -0.384 e. The molecule has 3 heteroatoms. The fourth-order valence-corrected chi connectivity index (χ4v) is 5.05. The van der Waals surface area contributed by atoms with E-state index in [1.807, 2.05) is 6.92 Å². The quantitative estimate of drug-likeness (QED) is 0.887. The van der Waals surface area contributed by atoms with Crippen LogP contribution in [0.5, 0.6) is 0 Å². The number of hydrogen-bond donors (Lipinski definition) is 1. The van der Waals surface area contributed by atoms with Gasteiger partial charge in [-0.15, -0.1) is 11.3 Å². The van der Waals surface area contributed by atoms with Crippen molar-refractivity contribution in [2.24, 2.45) is 5.92 Å². The Morgan fingerprint density at radius 1 is 1.33 bits per heavy atom. The average molecular weight is 302 g/mol. The molecule has 21 heavy (non-hydrogen) atoms. The van der Waals surface area contributed by atoms with Crippen LogP contribution >= 0.6 is 11.3 Å². The smallest absolute Gasteiger partial charge is 0.0990 e. The monoisotopic (exact) mass is 302 g/mol. The van der Waals surface area contributed by atoms with Crippen molar-refractivity contribution >= 4 is 21.4 Å². The van der Waals surface area contributed by atoms with Crippen LogP contribution in [-0.4, -0.2) is 17.3 Å². The molecule has 1 saturated heterocycles. The Hall–Kier alpha value is -0.900. The van der Waals surface area contributed by atoms with Crippen LogP contribution in [-0.2, 0) is 10.3 Å². The highest BCUT2D eigenvalue weighted by molar-refractivity contribution is 7.19. The normalized spacial score (nSPS) is 27.4. The van der Waals surface area contributed by atoms with E-state index in [4.69, 9.17) is 4.74 Å². The Bertz CT molecular complexity index is 621. The van der Waals surface area contributed by atoms with E-state index in [1.54, 1.807) is 11.3 Å². The summed E-state index contributed by atoms with van der Waals surface area (Å²) in [5.74, 6) is 0.305. The largest absolute Gasteiger partial charge is 0.384 e. The molecule has 0 amide bonds. The summed E-state index contributed by atoms with van der Waals surface area (Å²) >= 11 is 1.73. The van der Waals surface area contributed by atoms with Gasteiger partial charge >= 0.3 is 0 Å². The number of thiophene rings is 1. The van der Waals surface area contributed by atoms with Gasteiger partial charge in [0.1, 0.15) is 0 Å². The van der Waals surface area contributed by atoms with E-state index < -0.39 is 5.60 Å². The van der Waals surface area contributed by atoms with E-state index in [0.717, 1.165) is 24.3 Å². The molecule has 1 saturated carbocycles. The molecule has 2 nitrogen and oxygen atoms in total. The van der Waals surface area contributed by atoms with Gasteiger partial charge in [-0.2, -0.15) is 0 Å². The average Bonchev–Trinajstić information content (AvgIpc) is 2.90. The van der Waals surface area contributed by atoms with Gasteiger partial charge < -0.3 is 9.84 Å². The van der Waals surface area contributed by atoms with Crippen LogP contribution in [0.3, 0.4) is 0 Å². The van der Waals surface area contributed by atoms with E-state index in [-0.39, 0.29) is 5.60 Å². The molecule has 0 bridgehead atoms. The summed E-state index contributed by atoms with van der Waals surface area (Å²) in [5.41, 5.74) is -0.653. The van der Waals surface area contributed by atoms with Gasteiger partial charge in [-0.05, 0) is 62.5 Å². The predicted molar refractivity (Wildman–Crippen MR) is 86.7 cm³/mol. The zero-order valence-corrected chi connectivity index (χ0v) is 13.3. The molecule has 1 spiro atoms. The molecule has 2 atom stereocenters. The molecular weight excluding hydrogens is 280 g/mol. The molecule has 2 heterocycles. The van der Waals surface area contributed by atoms with Crippen molar-refractivity contribution in [1.82, 2.24) is 0 Å². The molecule has 2 unspecified atom stereocenters. The highest BCUT2D eigenvalue weighted by Gasteiger charge is 2.48. The Morgan fingerprint density at radius 3 is 2.86 bits per heavy atom. The van der Waals surface area contributed by atoms with Crippen LogP contribution in [0.15, 0.2) is 30.3 Å². The Balaban J connectivity index is 1.65. The molecule has 1 N–H and O–H groups in total. The Labute approximate surface area is 129 Å². The van der Waals surface area contributed by atoms with Gasteiger partial charge in [0.25, 0.3) is 0 Å². The third kappa shape index (κ3) is 2.23. The van der Waals surface area contributed by atoms with Crippen LogP contribution in [0.2, 0.25) is 0 Å². The summed E-state index contributed by atoms with van der Waals surface area (Å²) in [6.07, 6.45) is 5.59. The van der Waals surface area contributed by atoms with Crippen molar-refractivity contribution in [2.45, 2.75) is 50.2 Å². The molecule has 112 valence electrons. The van der Waals surface area contributed by atoms with Gasteiger partial charge in [0.05, 0.1) is 11.2 Å². The highest BCUT2D eigenvalue weighted by atomic mass is 32.1. The third-order valence-corrected chi connectivity index (χ3v) is 6.82. The van der Waals surface area contributed by atoms with E-state index in [1.165, 1.54) is 29.3 Å². The first-order chi connectivity index (χ1) is 10.1. The van der Waals surface area contributed by atoms with Crippen molar-refractivity contribution in [3.63, 3.8) is 0 Å². The second-order valence-corrected chi connectivity index (χ2v) is 7.95.